The SMILES string of the molecule is CCC(C)CCCCCCCCC(=O)OC[C@H](COP(=O)(O)OC[C@H](O)COP(=O)(O)OC[C@@H](COC(=O)CCCCCCCCCCCC(C)C)OC(=O)CCCCCCCCCCCCCC(C)C)OC(=O)CCCCCCCCCCCCCCCCCCCCC(C)C. The van der Waals surface area contributed by atoms with E-state index in [-0.39, 0.29) is 25.7 Å². The van der Waals surface area contributed by atoms with Gasteiger partial charge in [-0.25, -0.2) is 9.13 Å². The van der Waals surface area contributed by atoms with Gasteiger partial charge in [0.25, 0.3) is 0 Å². The number of carbonyl (C=O) groups excluding carboxylic acids is 4. The summed E-state index contributed by atoms with van der Waals surface area (Å²) in [5.74, 6) is 0.940. The van der Waals surface area contributed by atoms with Crippen molar-refractivity contribution in [2.75, 3.05) is 39.6 Å². The maximum atomic E-state index is 13.1. The van der Waals surface area contributed by atoms with Crippen LogP contribution in [0.15, 0.2) is 0 Å². The Morgan fingerprint density at radius 3 is 0.732 bits per heavy atom. The number of phosphoric acid groups is 2. The van der Waals surface area contributed by atoms with Crippen LogP contribution in [-0.2, 0) is 65.4 Å². The smallest absolute Gasteiger partial charge is 0.462 e. The molecule has 0 amide bonds. The lowest BCUT2D eigenvalue weighted by Gasteiger charge is -2.21. The molecule has 0 rings (SSSR count). The zero-order valence-electron chi connectivity index (χ0n) is 63.7. The van der Waals surface area contributed by atoms with Crippen molar-refractivity contribution in [3.63, 3.8) is 0 Å². The topological polar surface area (TPSA) is 237 Å². The van der Waals surface area contributed by atoms with Gasteiger partial charge in [-0.15, -0.1) is 0 Å². The van der Waals surface area contributed by atoms with Crippen LogP contribution >= 0.6 is 15.6 Å². The maximum Gasteiger partial charge on any atom is 0.472 e. The van der Waals surface area contributed by atoms with Gasteiger partial charge in [0.2, 0.25) is 0 Å². The zero-order chi connectivity index (χ0) is 71.7. The quantitative estimate of drug-likeness (QED) is 0.0222. The first-order valence-electron chi connectivity index (χ1n) is 40.2. The Hall–Kier alpha value is -1.94. The highest BCUT2D eigenvalue weighted by Crippen LogP contribution is 2.45. The molecule has 0 aromatic heterocycles. The van der Waals surface area contributed by atoms with Crippen molar-refractivity contribution in [2.45, 2.75) is 414 Å². The Bertz CT molecular complexity index is 1900. The van der Waals surface area contributed by atoms with E-state index >= 15 is 0 Å². The summed E-state index contributed by atoms with van der Waals surface area (Å²) in [6, 6.07) is 0. The Labute approximate surface area is 594 Å². The second kappa shape index (κ2) is 67.2. The summed E-state index contributed by atoms with van der Waals surface area (Å²) in [4.78, 5) is 72.9. The van der Waals surface area contributed by atoms with Crippen LogP contribution in [0.3, 0.4) is 0 Å². The Balaban J connectivity index is 5.20. The first kappa shape index (κ1) is 95.1. The number of rotatable bonds is 75. The molecule has 0 bridgehead atoms. The summed E-state index contributed by atoms with van der Waals surface area (Å²) in [5.41, 5.74) is 0. The molecular weight excluding hydrogens is 1270 g/mol. The van der Waals surface area contributed by atoms with E-state index in [1.165, 1.54) is 193 Å². The molecule has 19 heteroatoms. The first-order chi connectivity index (χ1) is 46.6. The second-order valence-electron chi connectivity index (χ2n) is 29.8. The predicted molar refractivity (Wildman–Crippen MR) is 395 cm³/mol. The molecule has 97 heavy (non-hydrogen) atoms. The van der Waals surface area contributed by atoms with Crippen molar-refractivity contribution in [3.8, 4) is 0 Å². The molecule has 0 spiro atoms. The molecule has 3 N–H and O–H groups in total. The number of esters is 4. The molecule has 0 aliphatic heterocycles. The van der Waals surface area contributed by atoms with Gasteiger partial charge in [0.1, 0.15) is 19.3 Å². The molecule has 0 saturated carbocycles. The molecule has 0 aromatic rings. The van der Waals surface area contributed by atoms with E-state index in [4.69, 9.17) is 37.0 Å². The fourth-order valence-corrected chi connectivity index (χ4v) is 13.5. The molecule has 0 aromatic carbocycles. The van der Waals surface area contributed by atoms with Crippen molar-refractivity contribution >= 4 is 39.5 Å². The van der Waals surface area contributed by atoms with Crippen LogP contribution in [0.2, 0.25) is 0 Å². The van der Waals surface area contributed by atoms with Gasteiger partial charge < -0.3 is 33.8 Å². The van der Waals surface area contributed by atoms with Crippen molar-refractivity contribution in [3.05, 3.63) is 0 Å². The number of phosphoric ester groups is 2. The van der Waals surface area contributed by atoms with Gasteiger partial charge in [-0.05, 0) is 49.4 Å². The zero-order valence-corrected chi connectivity index (χ0v) is 65.5. The lowest BCUT2D eigenvalue weighted by Crippen LogP contribution is -2.30. The van der Waals surface area contributed by atoms with Gasteiger partial charge in [-0.1, -0.05) is 344 Å². The van der Waals surface area contributed by atoms with E-state index in [2.05, 4.69) is 55.4 Å². The van der Waals surface area contributed by atoms with Crippen LogP contribution in [0, 0.1) is 23.7 Å². The van der Waals surface area contributed by atoms with Gasteiger partial charge in [-0.3, -0.25) is 37.3 Å². The average molecular weight is 1420 g/mol. The Kier molecular flexibility index (Phi) is 65.9. The van der Waals surface area contributed by atoms with Gasteiger partial charge in [0.15, 0.2) is 12.2 Å². The number of unbranched alkanes of at least 4 members (excludes halogenated alkanes) is 40. The molecule has 0 radical (unpaired) electrons. The van der Waals surface area contributed by atoms with Crippen molar-refractivity contribution < 1.29 is 80.2 Å². The molecule has 0 aliphatic carbocycles. The van der Waals surface area contributed by atoms with Gasteiger partial charge in [0.05, 0.1) is 26.4 Å². The van der Waals surface area contributed by atoms with Crippen molar-refractivity contribution in [2.24, 2.45) is 23.7 Å². The minimum absolute atomic E-state index is 0.106. The van der Waals surface area contributed by atoms with Crippen LogP contribution < -0.4 is 0 Å². The first-order valence-corrected chi connectivity index (χ1v) is 43.2. The number of aliphatic hydroxyl groups is 1. The second-order valence-corrected chi connectivity index (χ2v) is 32.7. The van der Waals surface area contributed by atoms with Crippen LogP contribution in [0.5, 0.6) is 0 Å². The predicted octanol–water partition coefficient (Wildman–Crippen LogP) is 22.8. The number of hydrogen-bond acceptors (Lipinski definition) is 15. The van der Waals surface area contributed by atoms with Crippen LogP contribution in [-0.4, -0.2) is 96.7 Å². The lowest BCUT2D eigenvalue weighted by molar-refractivity contribution is -0.161. The standard InChI is InChI=1S/C78H152O17P2/c1-9-71(8)57-49-41-36-37-43-51-59-76(81)89-65-74(95-77(82)60-52-44-34-27-21-17-15-13-11-10-12-14-16-19-24-30-38-46-54-68(2)3)67-93-97(86,87)91-63-72(79)62-90-96(84,85)92-66-73(64-88-75(80)58-50-42-33-29-23-26-32-40-48-56-70(6)7)94-78(83)61-53-45-35-28-22-18-20-25-31-39-47-55-69(4)5/h68-74,79H,9-67H2,1-8H3,(H,84,85)(H,86,87)/t71?,72-,73-,74-/m1/s1. The lowest BCUT2D eigenvalue weighted by atomic mass is 10.00. The summed E-state index contributed by atoms with van der Waals surface area (Å²) < 4.78 is 68.6. The third-order valence-electron chi connectivity index (χ3n) is 18.4. The molecular formula is C78H152O17P2. The van der Waals surface area contributed by atoms with Crippen LogP contribution in [0.4, 0.5) is 0 Å². The highest BCUT2D eigenvalue weighted by Gasteiger charge is 2.30. The molecule has 17 nitrogen and oxygen atoms in total. The molecule has 0 aliphatic rings. The van der Waals surface area contributed by atoms with Crippen molar-refractivity contribution in [1.82, 2.24) is 0 Å². The van der Waals surface area contributed by atoms with Gasteiger partial charge in [0, 0.05) is 25.7 Å². The minimum atomic E-state index is -4.96. The Morgan fingerprint density at radius 2 is 0.495 bits per heavy atom. The summed E-state index contributed by atoms with van der Waals surface area (Å²) in [6.45, 7) is 14.2. The summed E-state index contributed by atoms with van der Waals surface area (Å²) in [5, 5.41) is 10.6. The average Bonchev–Trinajstić information content (AvgIpc) is 1.85. The summed E-state index contributed by atoms with van der Waals surface area (Å²) in [7, 11) is -9.92. The molecule has 0 saturated heterocycles. The van der Waals surface area contributed by atoms with E-state index < -0.39 is 97.5 Å². The number of carbonyl (C=O) groups is 4. The highest BCUT2D eigenvalue weighted by atomic mass is 31.2. The molecule has 0 fully saturated rings. The van der Waals surface area contributed by atoms with Gasteiger partial charge in [-0.2, -0.15) is 0 Å². The van der Waals surface area contributed by atoms with E-state index in [0.29, 0.717) is 25.7 Å². The van der Waals surface area contributed by atoms with E-state index in [1.54, 1.807) is 0 Å². The van der Waals surface area contributed by atoms with Crippen LogP contribution in [0.25, 0.3) is 0 Å². The summed E-state index contributed by atoms with van der Waals surface area (Å²) >= 11 is 0. The maximum absolute atomic E-state index is 13.1. The Morgan fingerprint density at radius 1 is 0.289 bits per heavy atom. The fraction of sp³-hybridized carbons (Fsp3) is 0.949. The fourth-order valence-electron chi connectivity index (χ4n) is 11.9. The van der Waals surface area contributed by atoms with Crippen LogP contribution in [0.1, 0.15) is 396 Å². The van der Waals surface area contributed by atoms with E-state index in [1.807, 2.05) is 0 Å². The largest absolute Gasteiger partial charge is 0.472 e. The number of aliphatic hydroxyl groups excluding tert-OH is 1. The normalized spacial score (nSPS) is 14.4. The highest BCUT2D eigenvalue weighted by molar-refractivity contribution is 7.47. The molecule has 6 atom stereocenters. The minimum Gasteiger partial charge on any atom is -0.462 e. The molecule has 576 valence electrons. The molecule has 3 unspecified atom stereocenters. The molecule has 0 heterocycles. The summed E-state index contributed by atoms with van der Waals surface area (Å²) in [6.07, 6.45) is 52.8. The van der Waals surface area contributed by atoms with Crippen molar-refractivity contribution in [1.29, 1.82) is 0 Å². The van der Waals surface area contributed by atoms with E-state index in [0.717, 1.165) is 120 Å². The number of ether oxygens (including phenoxy) is 4. The third kappa shape index (κ3) is 70.9. The van der Waals surface area contributed by atoms with E-state index in [9.17, 15) is 43.2 Å². The monoisotopic (exact) mass is 1420 g/mol. The third-order valence-corrected chi connectivity index (χ3v) is 20.3. The number of hydrogen-bond donors (Lipinski definition) is 3. The van der Waals surface area contributed by atoms with Gasteiger partial charge >= 0.3 is 39.5 Å².